The predicted molar refractivity (Wildman–Crippen MR) is 77.5 cm³/mol. The standard InChI is InChI=1S/C15H11ClN2O/c16-10-6-7-12-11(8-10)13(15(19)18-12)14(17)9-4-2-1-3-5-9/h1-8H,17H2,(H,18,19). The molecule has 19 heavy (non-hydrogen) atoms. The van der Waals surface area contributed by atoms with E-state index in [1.807, 2.05) is 30.3 Å². The summed E-state index contributed by atoms with van der Waals surface area (Å²) in [6, 6.07) is 14.7. The number of anilines is 1. The Kier molecular flexibility index (Phi) is 2.76. The van der Waals surface area contributed by atoms with Crippen molar-refractivity contribution < 1.29 is 4.79 Å². The molecule has 1 heterocycles. The van der Waals surface area contributed by atoms with Crippen LogP contribution in [-0.2, 0) is 4.79 Å². The van der Waals surface area contributed by atoms with Crippen molar-refractivity contribution in [2.75, 3.05) is 5.32 Å². The molecule has 1 aliphatic rings. The van der Waals surface area contributed by atoms with Crippen LogP contribution in [0.1, 0.15) is 11.1 Å². The van der Waals surface area contributed by atoms with Gasteiger partial charge in [-0.25, -0.2) is 0 Å². The van der Waals surface area contributed by atoms with Crippen LogP contribution in [0.2, 0.25) is 5.02 Å². The van der Waals surface area contributed by atoms with Gasteiger partial charge in [0.05, 0.1) is 11.3 Å². The minimum Gasteiger partial charge on any atom is -0.398 e. The summed E-state index contributed by atoms with van der Waals surface area (Å²) in [6.07, 6.45) is 0. The van der Waals surface area contributed by atoms with E-state index in [2.05, 4.69) is 5.32 Å². The molecule has 0 atom stereocenters. The van der Waals surface area contributed by atoms with Gasteiger partial charge in [-0.3, -0.25) is 4.79 Å². The van der Waals surface area contributed by atoms with Crippen LogP contribution < -0.4 is 11.1 Å². The molecule has 0 radical (unpaired) electrons. The summed E-state index contributed by atoms with van der Waals surface area (Å²) in [4.78, 5) is 12.1. The average molecular weight is 271 g/mol. The molecule has 0 unspecified atom stereocenters. The molecule has 0 bridgehead atoms. The lowest BCUT2D eigenvalue weighted by Gasteiger charge is -2.06. The third-order valence-corrected chi connectivity index (χ3v) is 3.32. The number of hydrogen-bond donors (Lipinski definition) is 2. The second kappa shape index (κ2) is 4.44. The van der Waals surface area contributed by atoms with Crippen LogP contribution in [0.25, 0.3) is 11.3 Å². The van der Waals surface area contributed by atoms with Crippen LogP contribution in [0, 0.1) is 0 Å². The van der Waals surface area contributed by atoms with Gasteiger partial charge in [0, 0.05) is 16.3 Å². The van der Waals surface area contributed by atoms with Crippen molar-refractivity contribution in [2.45, 2.75) is 0 Å². The first-order chi connectivity index (χ1) is 9.16. The number of carbonyl (C=O) groups is 1. The Labute approximate surface area is 115 Å². The van der Waals surface area contributed by atoms with Gasteiger partial charge in [0.2, 0.25) is 0 Å². The molecule has 0 saturated heterocycles. The van der Waals surface area contributed by atoms with Crippen molar-refractivity contribution in [3.05, 3.63) is 64.7 Å². The number of hydrogen-bond acceptors (Lipinski definition) is 2. The Morgan fingerprint density at radius 2 is 1.84 bits per heavy atom. The number of halogens is 1. The van der Waals surface area contributed by atoms with Gasteiger partial charge in [0.1, 0.15) is 0 Å². The zero-order valence-electron chi connectivity index (χ0n) is 9.98. The average Bonchev–Trinajstić information content (AvgIpc) is 2.74. The zero-order valence-corrected chi connectivity index (χ0v) is 10.7. The van der Waals surface area contributed by atoms with Crippen molar-refractivity contribution >= 4 is 34.5 Å². The SMILES string of the molecule is NC(=C1C(=O)Nc2ccc(Cl)cc21)c1ccccc1. The fraction of sp³-hybridized carbons (Fsp3) is 0. The molecule has 0 spiro atoms. The highest BCUT2D eigenvalue weighted by atomic mass is 35.5. The number of rotatable bonds is 1. The number of benzene rings is 2. The first-order valence-corrected chi connectivity index (χ1v) is 6.21. The lowest BCUT2D eigenvalue weighted by molar-refractivity contribution is -0.110. The van der Waals surface area contributed by atoms with Gasteiger partial charge in [-0.05, 0) is 23.8 Å². The fourth-order valence-electron chi connectivity index (χ4n) is 2.17. The minimum absolute atomic E-state index is 0.196. The van der Waals surface area contributed by atoms with E-state index in [0.29, 0.717) is 16.3 Å². The second-order valence-corrected chi connectivity index (χ2v) is 4.74. The number of fused-ring (bicyclic) bond motifs is 1. The molecule has 0 fully saturated rings. The lowest BCUT2D eigenvalue weighted by Crippen LogP contribution is -2.09. The Morgan fingerprint density at radius 3 is 2.58 bits per heavy atom. The van der Waals surface area contributed by atoms with Gasteiger partial charge < -0.3 is 11.1 Å². The van der Waals surface area contributed by atoms with Crippen molar-refractivity contribution in [2.24, 2.45) is 5.73 Å². The third-order valence-electron chi connectivity index (χ3n) is 3.08. The summed E-state index contributed by atoms with van der Waals surface area (Å²) in [5.74, 6) is -0.196. The Morgan fingerprint density at radius 1 is 1.11 bits per heavy atom. The molecule has 0 saturated carbocycles. The number of amides is 1. The fourth-order valence-corrected chi connectivity index (χ4v) is 2.34. The summed E-state index contributed by atoms with van der Waals surface area (Å²) in [5, 5.41) is 3.37. The van der Waals surface area contributed by atoms with E-state index in [-0.39, 0.29) is 5.91 Å². The monoisotopic (exact) mass is 270 g/mol. The van der Waals surface area contributed by atoms with E-state index in [1.165, 1.54) is 0 Å². The Balaban J connectivity index is 2.21. The van der Waals surface area contributed by atoms with Gasteiger partial charge in [-0.2, -0.15) is 0 Å². The van der Waals surface area contributed by atoms with Crippen molar-refractivity contribution in [3.8, 4) is 0 Å². The summed E-state index contributed by atoms with van der Waals surface area (Å²) in [5.41, 5.74) is 9.37. The van der Waals surface area contributed by atoms with Crippen LogP contribution in [0.15, 0.2) is 48.5 Å². The number of nitrogens with two attached hydrogens (primary N) is 1. The van der Waals surface area contributed by atoms with E-state index in [1.54, 1.807) is 18.2 Å². The van der Waals surface area contributed by atoms with Crippen LogP contribution in [0.3, 0.4) is 0 Å². The molecule has 3 nitrogen and oxygen atoms in total. The zero-order chi connectivity index (χ0) is 13.4. The quantitative estimate of drug-likeness (QED) is 0.782. The number of carbonyl (C=O) groups excluding carboxylic acids is 1. The molecule has 3 N–H and O–H groups in total. The summed E-state index contributed by atoms with van der Waals surface area (Å²) < 4.78 is 0. The van der Waals surface area contributed by atoms with E-state index in [9.17, 15) is 4.79 Å². The van der Waals surface area contributed by atoms with Gasteiger partial charge in [-0.1, -0.05) is 41.9 Å². The molecule has 2 aromatic rings. The Hall–Kier alpha value is -2.26. The molecule has 0 aliphatic carbocycles. The maximum atomic E-state index is 12.1. The summed E-state index contributed by atoms with van der Waals surface area (Å²) in [7, 11) is 0. The van der Waals surface area contributed by atoms with Crippen molar-refractivity contribution in [3.63, 3.8) is 0 Å². The van der Waals surface area contributed by atoms with Crippen LogP contribution in [-0.4, -0.2) is 5.91 Å². The highest BCUT2D eigenvalue weighted by Gasteiger charge is 2.27. The predicted octanol–water partition coefficient (Wildman–Crippen LogP) is 3.12. The van der Waals surface area contributed by atoms with Gasteiger partial charge in [0.15, 0.2) is 0 Å². The van der Waals surface area contributed by atoms with E-state index < -0.39 is 0 Å². The van der Waals surface area contributed by atoms with E-state index in [4.69, 9.17) is 17.3 Å². The topological polar surface area (TPSA) is 55.1 Å². The summed E-state index contributed by atoms with van der Waals surface area (Å²) in [6.45, 7) is 0. The van der Waals surface area contributed by atoms with Crippen LogP contribution in [0.5, 0.6) is 0 Å². The smallest absolute Gasteiger partial charge is 0.258 e. The molecule has 2 aromatic carbocycles. The molecule has 0 aromatic heterocycles. The Bertz CT molecular complexity index is 693. The molecular formula is C15H11ClN2O. The largest absolute Gasteiger partial charge is 0.398 e. The van der Waals surface area contributed by atoms with Crippen LogP contribution in [0.4, 0.5) is 5.69 Å². The lowest BCUT2D eigenvalue weighted by atomic mass is 10.0. The van der Waals surface area contributed by atoms with Gasteiger partial charge in [-0.15, -0.1) is 0 Å². The number of nitrogens with one attached hydrogen (secondary N) is 1. The molecule has 94 valence electrons. The second-order valence-electron chi connectivity index (χ2n) is 4.30. The molecule has 4 heteroatoms. The van der Waals surface area contributed by atoms with Gasteiger partial charge in [0.25, 0.3) is 5.91 Å². The maximum Gasteiger partial charge on any atom is 0.258 e. The molecule has 3 rings (SSSR count). The summed E-state index contributed by atoms with van der Waals surface area (Å²) >= 11 is 5.98. The molecular weight excluding hydrogens is 260 g/mol. The molecule has 1 amide bonds. The first kappa shape index (κ1) is 11.8. The maximum absolute atomic E-state index is 12.1. The normalized spacial score (nSPS) is 15.9. The third kappa shape index (κ3) is 1.98. The highest BCUT2D eigenvalue weighted by molar-refractivity contribution is 6.38. The van der Waals surface area contributed by atoms with E-state index in [0.717, 1.165) is 16.8 Å². The van der Waals surface area contributed by atoms with Crippen LogP contribution >= 0.6 is 11.6 Å². The van der Waals surface area contributed by atoms with E-state index >= 15 is 0 Å². The molecule has 1 aliphatic heterocycles. The van der Waals surface area contributed by atoms with Crippen molar-refractivity contribution in [1.29, 1.82) is 0 Å². The minimum atomic E-state index is -0.196. The van der Waals surface area contributed by atoms with Gasteiger partial charge >= 0.3 is 0 Å². The van der Waals surface area contributed by atoms with Crippen molar-refractivity contribution in [1.82, 2.24) is 0 Å². The highest BCUT2D eigenvalue weighted by Crippen LogP contribution is 2.36. The first-order valence-electron chi connectivity index (χ1n) is 5.83.